The van der Waals surface area contributed by atoms with Crippen LogP contribution in [-0.4, -0.2) is 36.2 Å². The molecule has 0 aromatic heterocycles. The van der Waals surface area contributed by atoms with Gasteiger partial charge in [0.2, 0.25) is 0 Å². The lowest BCUT2D eigenvalue weighted by molar-refractivity contribution is 0.0826. The van der Waals surface area contributed by atoms with Crippen molar-refractivity contribution in [2.24, 2.45) is 10.9 Å². The Morgan fingerprint density at radius 2 is 2.06 bits per heavy atom. The van der Waals surface area contributed by atoms with Crippen LogP contribution in [0.15, 0.2) is 4.99 Å². The number of aliphatic imine (C=N–C) groups is 1. The van der Waals surface area contributed by atoms with Crippen LogP contribution in [-0.2, 0) is 4.74 Å². The van der Waals surface area contributed by atoms with Crippen molar-refractivity contribution in [3.8, 4) is 0 Å². The van der Waals surface area contributed by atoms with Crippen LogP contribution >= 0.6 is 11.8 Å². The van der Waals surface area contributed by atoms with E-state index in [2.05, 4.69) is 19.2 Å². The second-order valence-electron chi connectivity index (χ2n) is 4.91. The molecule has 0 radical (unpaired) electrons. The Balaban J connectivity index is 1.87. The monoisotopic (exact) mass is 242 g/mol. The average molecular weight is 242 g/mol. The first-order valence-electron chi connectivity index (χ1n) is 6.30. The van der Waals surface area contributed by atoms with Crippen LogP contribution in [0.1, 0.15) is 33.1 Å². The molecule has 0 amide bonds. The molecule has 0 spiro atoms. The van der Waals surface area contributed by atoms with Crippen molar-refractivity contribution >= 4 is 16.9 Å². The van der Waals surface area contributed by atoms with Gasteiger partial charge in [-0.25, -0.2) is 0 Å². The van der Waals surface area contributed by atoms with Crippen molar-refractivity contribution in [1.82, 2.24) is 5.32 Å². The van der Waals surface area contributed by atoms with Gasteiger partial charge in [0.1, 0.15) is 0 Å². The van der Waals surface area contributed by atoms with E-state index in [4.69, 9.17) is 9.73 Å². The first-order valence-corrected chi connectivity index (χ1v) is 7.29. The molecule has 92 valence electrons. The highest BCUT2D eigenvalue weighted by atomic mass is 32.2. The summed E-state index contributed by atoms with van der Waals surface area (Å²) >= 11 is 1.88. The lowest BCUT2D eigenvalue weighted by atomic mass is 10.0. The molecule has 1 atom stereocenters. The maximum absolute atomic E-state index is 5.36. The molecule has 0 aliphatic carbocycles. The fourth-order valence-corrected chi connectivity index (χ4v) is 3.12. The van der Waals surface area contributed by atoms with Gasteiger partial charge in [0.25, 0.3) is 0 Å². The minimum Gasteiger partial charge on any atom is -0.381 e. The van der Waals surface area contributed by atoms with E-state index in [9.17, 15) is 0 Å². The Bertz CT molecular complexity index is 249. The second-order valence-corrected chi connectivity index (χ2v) is 6.00. The van der Waals surface area contributed by atoms with Gasteiger partial charge in [-0.3, -0.25) is 4.99 Å². The molecule has 4 heteroatoms. The van der Waals surface area contributed by atoms with E-state index in [1.54, 1.807) is 0 Å². The summed E-state index contributed by atoms with van der Waals surface area (Å²) in [5.74, 6) is 1.87. The van der Waals surface area contributed by atoms with Crippen LogP contribution in [0.5, 0.6) is 0 Å². The number of nitrogens with zero attached hydrogens (tertiary/aromatic N) is 1. The van der Waals surface area contributed by atoms with E-state index in [1.807, 2.05) is 11.8 Å². The number of nitrogens with one attached hydrogen (secondary N) is 1. The highest BCUT2D eigenvalue weighted by molar-refractivity contribution is 8.13. The largest absolute Gasteiger partial charge is 0.381 e. The smallest absolute Gasteiger partial charge is 0.157 e. The van der Waals surface area contributed by atoms with Crippen molar-refractivity contribution < 1.29 is 4.74 Å². The average Bonchev–Trinajstić information content (AvgIpc) is 2.30. The molecule has 2 rings (SSSR count). The maximum Gasteiger partial charge on any atom is 0.157 e. The van der Waals surface area contributed by atoms with E-state index >= 15 is 0 Å². The lowest BCUT2D eigenvalue weighted by Crippen LogP contribution is -2.39. The summed E-state index contributed by atoms with van der Waals surface area (Å²) in [6.45, 7) is 6.30. The van der Waals surface area contributed by atoms with Crippen LogP contribution in [0.25, 0.3) is 0 Å². The predicted octanol–water partition coefficient (Wildman–Crippen LogP) is 2.27. The summed E-state index contributed by atoms with van der Waals surface area (Å²) in [5.41, 5.74) is 0. The summed E-state index contributed by atoms with van der Waals surface area (Å²) in [7, 11) is 0. The van der Waals surface area contributed by atoms with E-state index < -0.39 is 0 Å². The number of thioether (sulfide) groups is 1. The predicted molar refractivity (Wildman–Crippen MR) is 70.1 cm³/mol. The highest BCUT2D eigenvalue weighted by Crippen LogP contribution is 2.22. The molecule has 2 aliphatic heterocycles. The van der Waals surface area contributed by atoms with Gasteiger partial charge < -0.3 is 10.1 Å². The Kier molecular flexibility index (Phi) is 4.53. The summed E-state index contributed by atoms with van der Waals surface area (Å²) in [6.07, 6.45) is 3.46. The van der Waals surface area contributed by atoms with Gasteiger partial charge >= 0.3 is 0 Å². The molecule has 1 N–H and O–H groups in total. The number of rotatable bonds is 2. The standard InChI is InChI=1S/C12H22N2OS/c1-9(2)11-5-8-16-12(14-11)13-10-3-6-15-7-4-10/h9-11H,3-8H2,1-2H3,(H,13,14). The summed E-state index contributed by atoms with van der Waals surface area (Å²) in [4.78, 5) is 4.80. The van der Waals surface area contributed by atoms with E-state index in [-0.39, 0.29) is 0 Å². The molecule has 0 saturated carbocycles. The Hall–Kier alpha value is -0.220. The molecule has 1 unspecified atom stereocenters. The minimum absolute atomic E-state index is 0.517. The first kappa shape index (κ1) is 12.2. The fraction of sp³-hybridized carbons (Fsp3) is 0.917. The molecule has 2 aliphatic rings. The van der Waals surface area contributed by atoms with Gasteiger partial charge in [-0.15, -0.1) is 0 Å². The zero-order valence-corrected chi connectivity index (χ0v) is 11.1. The maximum atomic E-state index is 5.36. The SMILES string of the molecule is CC(C)C1CCSC(NC2CCOCC2)=N1. The topological polar surface area (TPSA) is 33.6 Å². The number of ether oxygens (including phenoxy) is 1. The molecule has 0 bridgehead atoms. The van der Waals surface area contributed by atoms with Crippen molar-refractivity contribution in [3.05, 3.63) is 0 Å². The zero-order valence-electron chi connectivity index (χ0n) is 10.2. The van der Waals surface area contributed by atoms with Crippen LogP contribution in [0.4, 0.5) is 0 Å². The van der Waals surface area contributed by atoms with E-state index in [0.717, 1.165) is 31.2 Å². The molecule has 3 nitrogen and oxygen atoms in total. The van der Waals surface area contributed by atoms with Crippen LogP contribution in [0, 0.1) is 5.92 Å². The molecular formula is C12H22N2OS. The molecule has 2 heterocycles. The Labute approximate surface area is 102 Å². The van der Waals surface area contributed by atoms with Gasteiger partial charge in [0, 0.05) is 25.0 Å². The first-order chi connectivity index (χ1) is 7.75. The number of amidine groups is 1. The van der Waals surface area contributed by atoms with Gasteiger partial charge in [-0.2, -0.15) is 0 Å². The fourth-order valence-electron chi connectivity index (χ4n) is 2.11. The van der Waals surface area contributed by atoms with Crippen molar-refractivity contribution in [1.29, 1.82) is 0 Å². The third-order valence-electron chi connectivity index (χ3n) is 3.25. The van der Waals surface area contributed by atoms with Crippen LogP contribution in [0.2, 0.25) is 0 Å². The summed E-state index contributed by atoms with van der Waals surface area (Å²) in [6, 6.07) is 1.09. The zero-order chi connectivity index (χ0) is 11.4. The van der Waals surface area contributed by atoms with Gasteiger partial charge in [-0.1, -0.05) is 25.6 Å². The van der Waals surface area contributed by atoms with E-state index in [1.165, 1.54) is 12.2 Å². The third kappa shape index (κ3) is 3.39. The summed E-state index contributed by atoms with van der Waals surface area (Å²) < 4.78 is 5.36. The number of hydrogen-bond donors (Lipinski definition) is 1. The molecule has 1 fully saturated rings. The van der Waals surface area contributed by atoms with Crippen molar-refractivity contribution in [3.63, 3.8) is 0 Å². The normalized spacial score (nSPS) is 27.9. The molecule has 1 saturated heterocycles. The summed E-state index contributed by atoms with van der Waals surface area (Å²) in [5, 5.41) is 4.74. The van der Waals surface area contributed by atoms with Crippen molar-refractivity contribution in [2.75, 3.05) is 19.0 Å². The van der Waals surface area contributed by atoms with Crippen LogP contribution in [0.3, 0.4) is 0 Å². The van der Waals surface area contributed by atoms with Crippen molar-refractivity contribution in [2.45, 2.75) is 45.2 Å². The Morgan fingerprint density at radius 3 is 2.75 bits per heavy atom. The third-order valence-corrected chi connectivity index (χ3v) is 4.19. The molecular weight excluding hydrogens is 220 g/mol. The van der Waals surface area contributed by atoms with E-state index in [0.29, 0.717) is 18.0 Å². The quantitative estimate of drug-likeness (QED) is 0.806. The molecule has 0 aromatic rings. The Morgan fingerprint density at radius 1 is 1.31 bits per heavy atom. The van der Waals surface area contributed by atoms with Crippen LogP contribution < -0.4 is 5.32 Å². The second kappa shape index (κ2) is 5.92. The van der Waals surface area contributed by atoms with Gasteiger partial charge in [-0.05, 0) is 25.2 Å². The highest BCUT2D eigenvalue weighted by Gasteiger charge is 2.21. The molecule has 16 heavy (non-hydrogen) atoms. The van der Waals surface area contributed by atoms with Gasteiger partial charge in [0.15, 0.2) is 5.17 Å². The molecule has 0 aromatic carbocycles. The lowest BCUT2D eigenvalue weighted by Gasteiger charge is -2.28. The van der Waals surface area contributed by atoms with Gasteiger partial charge in [0.05, 0.1) is 6.04 Å². The minimum atomic E-state index is 0.517. The number of hydrogen-bond acceptors (Lipinski definition) is 4.